The molecule has 0 saturated heterocycles. The van der Waals surface area contributed by atoms with E-state index in [9.17, 15) is 29.1 Å². The van der Waals surface area contributed by atoms with Crippen LogP contribution in [0.4, 0.5) is 0 Å². The zero-order chi connectivity index (χ0) is 22.3. The summed E-state index contributed by atoms with van der Waals surface area (Å²) in [5.74, 6) is -3.32. The quantitative estimate of drug-likeness (QED) is 0.267. The van der Waals surface area contributed by atoms with Gasteiger partial charge in [-0.05, 0) is 6.42 Å². The van der Waals surface area contributed by atoms with Crippen molar-refractivity contribution in [2.24, 2.45) is 0 Å². The first-order valence-corrected chi connectivity index (χ1v) is 8.39. The lowest BCUT2D eigenvalue weighted by Crippen LogP contribution is -2.52. The molecule has 0 aliphatic rings. The monoisotopic (exact) mass is 408 g/mol. The Morgan fingerprint density at radius 2 is 1.29 bits per heavy atom. The highest BCUT2D eigenvalue weighted by Crippen LogP contribution is 2.17. The maximum atomic E-state index is 11.3. The van der Waals surface area contributed by atoms with Crippen LogP contribution in [0.2, 0.25) is 0 Å². The molecule has 0 aliphatic heterocycles. The van der Waals surface area contributed by atoms with Gasteiger partial charge in [0.1, 0.15) is 12.7 Å². The van der Waals surface area contributed by atoms with Crippen LogP contribution in [-0.2, 0) is 42.9 Å². The first kappa shape index (κ1) is 27.7. The molecule has 0 aromatic heterocycles. The van der Waals surface area contributed by atoms with Gasteiger partial charge >= 0.3 is 23.9 Å². The minimum atomic E-state index is -1.64. The van der Waals surface area contributed by atoms with E-state index in [2.05, 4.69) is 4.74 Å². The molecule has 28 heavy (non-hydrogen) atoms. The summed E-state index contributed by atoms with van der Waals surface area (Å²) in [4.78, 5) is 55.6. The van der Waals surface area contributed by atoms with E-state index in [-0.39, 0.29) is 6.29 Å². The van der Waals surface area contributed by atoms with Crippen molar-refractivity contribution in [3.05, 3.63) is 0 Å². The van der Waals surface area contributed by atoms with Gasteiger partial charge in [-0.2, -0.15) is 0 Å². The lowest BCUT2D eigenvalue weighted by atomic mass is 10.0. The molecule has 11 heteroatoms. The molecule has 0 bridgehead atoms. The molecule has 0 aromatic rings. The van der Waals surface area contributed by atoms with Crippen molar-refractivity contribution in [1.29, 1.82) is 0 Å². The number of ether oxygens (including phenoxy) is 4. The fourth-order valence-electron chi connectivity index (χ4n) is 1.73. The second-order valence-corrected chi connectivity index (χ2v) is 5.45. The van der Waals surface area contributed by atoms with E-state index in [0.29, 0.717) is 6.61 Å². The van der Waals surface area contributed by atoms with Crippen LogP contribution < -0.4 is 0 Å². The number of hydrogen-bond donors (Lipinski definition) is 2. The van der Waals surface area contributed by atoms with Crippen LogP contribution in [0.15, 0.2) is 0 Å². The van der Waals surface area contributed by atoms with Gasteiger partial charge in [0.2, 0.25) is 0 Å². The zero-order valence-corrected chi connectivity index (χ0v) is 16.6. The number of hydrogen-bond acceptors (Lipinski definition) is 11. The minimum Gasteiger partial charge on any atom is -0.463 e. The fraction of sp³-hybridized carbons (Fsp3) is 0.706. The number of aldehydes is 1. The van der Waals surface area contributed by atoms with Gasteiger partial charge in [-0.15, -0.1) is 0 Å². The second-order valence-electron chi connectivity index (χ2n) is 5.45. The molecule has 0 heterocycles. The van der Waals surface area contributed by atoms with E-state index in [4.69, 9.17) is 19.3 Å². The third kappa shape index (κ3) is 13.6. The van der Waals surface area contributed by atoms with Crippen molar-refractivity contribution in [2.75, 3.05) is 13.2 Å². The Bertz CT molecular complexity index is 515. The largest absolute Gasteiger partial charge is 0.463 e. The number of esters is 4. The molecule has 0 fully saturated rings. The maximum absolute atomic E-state index is 11.3. The van der Waals surface area contributed by atoms with Gasteiger partial charge < -0.3 is 29.2 Å². The molecule has 0 amide bonds. The molecular weight excluding hydrogens is 380 g/mol. The van der Waals surface area contributed by atoms with Crippen LogP contribution >= 0.6 is 0 Å². The summed E-state index contributed by atoms with van der Waals surface area (Å²) in [5.41, 5.74) is 0. The van der Waals surface area contributed by atoms with Crippen molar-refractivity contribution in [1.82, 2.24) is 0 Å². The van der Waals surface area contributed by atoms with Gasteiger partial charge in [0.25, 0.3) is 0 Å². The van der Waals surface area contributed by atoms with Crippen molar-refractivity contribution in [3.8, 4) is 0 Å². The molecule has 0 saturated carbocycles. The Kier molecular flexibility index (Phi) is 15.3. The summed E-state index contributed by atoms with van der Waals surface area (Å²) in [5, 5.41) is 17.9. The third-order valence-electron chi connectivity index (χ3n) is 2.75. The molecule has 162 valence electrons. The molecule has 4 atom stereocenters. The summed E-state index contributed by atoms with van der Waals surface area (Å²) in [6.45, 7) is 5.77. The lowest BCUT2D eigenvalue weighted by molar-refractivity contribution is -0.195. The molecule has 0 unspecified atom stereocenters. The SMILES string of the molecule is CC(=O)OC[C@@H](O)[C@@H](OC(C)=O)[C@H](OC(C)=O)[C@H](C=O)OC(C)=O.CCCO. The Labute approximate surface area is 162 Å². The Morgan fingerprint density at radius 1 is 0.857 bits per heavy atom. The highest BCUT2D eigenvalue weighted by molar-refractivity contribution is 5.72. The van der Waals surface area contributed by atoms with E-state index in [1.54, 1.807) is 0 Å². The first-order valence-electron chi connectivity index (χ1n) is 8.39. The van der Waals surface area contributed by atoms with Gasteiger partial charge in [-0.25, -0.2) is 0 Å². The van der Waals surface area contributed by atoms with Crippen LogP contribution in [-0.4, -0.2) is 78.0 Å². The molecule has 11 nitrogen and oxygen atoms in total. The average molecular weight is 408 g/mol. The highest BCUT2D eigenvalue weighted by Gasteiger charge is 2.41. The molecule has 0 aliphatic carbocycles. The number of aliphatic hydroxyl groups excluding tert-OH is 2. The van der Waals surface area contributed by atoms with Crippen molar-refractivity contribution >= 4 is 30.2 Å². The van der Waals surface area contributed by atoms with Crippen molar-refractivity contribution in [3.63, 3.8) is 0 Å². The van der Waals surface area contributed by atoms with E-state index in [1.807, 2.05) is 6.92 Å². The molecular formula is C17H28O11. The van der Waals surface area contributed by atoms with E-state index >= 15 is 0 Å². The number of aliphatic hydroxyl groups is 2. The van der Waals surface area contributed by atoms with Crippen LogP contribution in [0.5, 0.6) is 0 Å². The minimum absolute atomic E-state index is 0.157. The van der Waals surface area contributed by atoms with Gasteiger partial charge in [0.05, 0.1) is 0 Å². The van der Waals surface area contributed by atoms with Crippen molar-refractivity contribution < 1.29 is 53.1 Å². The first-order chi connectivity index (χ1) is 13.0. The van der Waals surface area contributed by atoms with E-state index in [0.717, 1.165) is 34.1 Å². The Hall–Kier alpha value is -2.53. The maximum Gasteiger partial charge on any atom is 0.303 e. The summed E-state index contributed by atoms with van der Waals surface area (Å²) in [7, 11) is 0. The molecule has 0 rings (SSSR count). The van der Waals surface area contributed by atoms with E-state index < -0.39 is 54.9 Å². The molecule has 0 spiro atoms. The summed E-state index contributed by atoms with van der Waals surface area (Å²) in [6.07, 6.45) is -5.48. The Morgan fingerprint density at radius 3 is 1.61 bits per heavy atom. The summed E-state index contributed by atoms with van der Waals surface area (Å²) in [6, 6.07) is 0. The van der Waals surface area contributed by atoms with Crippen molar-refractivity contribution in [2.45, 2.75) is 65.5 Å². The topological polar surface area (TPSA) is 163 Å². The summed E-state index contributed by atoms with van der Waals surface area (Å²) >= 11 is 0. The van der Waals surface area contributed by atoms with Crippen LogP contribution in [0.25, 0.3) is 0 Å². The van der Waals surface area contributed by atoms with Gasteiger partial charge in [-0.3, -0.25) is 24.0 Å². The van der Waals surface area contributed by atoms with Gasteiger partial charge in [-0.1, -0.05) is 6.92 Å². The van der Waals surface area contributed by atoms with Crippen LogP contribution in [0.1, 0.15) is 41.0 Å². The van der Waals surface area contributed by atoms with Crippen LogP contribution in [0.3, 0.4) is 0 Å². The number of rotatable bonds is 10. The summed E-state index contributed by atoms with van der Waals surface area (Å²) < 4.78 is 19.0. The molecule has 0 aromatic carbocycles. The molecule has 0 radical (unpaired) electrons. The zero-order valence-electron chi connectivity index (χ0n) is 16.6. The molecule has 2 N–H and O–H groups in total. The average Bonchev–Trinajstić information content (AvgIpc) is 2.60. The van der Waals surface area contributed by atoms with E-state index in [1.165, 1.54) is 0 Å². The lowest BCUT2D eigenvalue weighted by Gasteiger charge is -2.31. The Balaban J connectivity index is 0. The predicted octanol–water partition coefficient (Wildman–Crippen LogP) is -0.707. The smallest absolute Gasteiger partial charge is 0.303 e. The number of carbonyl (C=O) groups excluding carboxylic acids is 5. The standard InChI is InChI=1S/C14H20O10.C3H8O/c1-7(16)21-6-11(20)13(23-9(3)18)14(24-10(4)19)12(5-15)22-8(2)17;1-2-3-4/h5,11-14,20H,6H2,1-4H3;4H,2-3H2,1H3/t11-,12+,13-,14-;/m1./s1. The third-order valence-corrected chi connectivity index (χ3v) is 2.75. The number of carbonyl (C=O) groups is 5. The van der Waals surface area contributed by atoms with Gasteiger partial charge in [0, 0.05) is 34.3 Å². The predicted molar refractivity (Wildman–Crippen MR) is 92.7 cm³/mol. The highest BCUT2D eigenvalue weighted by atomic mass is 16.6. The fourth-order valence-corrected chi connectivity index (χ4v) is 1.73. The normalized spacial score (nSPS) is 14.1. The second kappa shape index (κ2) is 15.5. The van der Waals surface area contributed by atoms with Gasteiger partial charge in [0.15, 0.2) is 24.6 Å². The van der Waals surface area contributed by atoms with Crippen LogP contribution in [0, 0.1) is 0 Å².